The molecule has 0 amide bonds. The van der Waals surface area contributed by atoms with E-state index in [9.17, 15) is 8.42 Å². The molecule has 4 heteroatoms. The van der Waals surface area contributed by atoms with E-state index in [2.05, 4.69) is 22.9 Å². The van der Waals surface area contributed by atoms with Crippen molar-refractivity contribution in [2.75, 3.05) is 0 Å². The third kappa shape index (κ3) is 3.86. The van der Waals surface area contributed by atoms with Crippen LogP contribution >= 0.6 is 0 Å². The van der Waals surface area contributed by atoms with Gasteiger partial charge in [-0.2, -0.15) is 0 Å². The molecule has 0 heterocycles. The largest absolute Gasteiger partial charge is 0.241 e. The number of rotatable bonds is 5. The molecule has 1 aliphatic rings. The Labute approximate surface area is 157 Å². The van der Waals surface area contributed by atoms with Gasteiger partial charge in [0.2, 0.25) is 10.0 Å². The molecule has 2 aromatic carbocycles. The van der Waals surface area contributed by atoms with E-state index in [0.717, 1.165) is 41.5 Å². The standard InChI is InChI=1S/C22H29NO2S/c1-5-21(20-11-10-18-8-6-7-9-19(18)14-20)23-26(24,25)22-16(3)12-15(2)13-17(22)4/h10-14,21,23H,5-9H2,1-4H3. The summed E-state index contributed by atoms with van der Waals surface area (Å²) in [4.78, 5) is 0.416. The number of sulfonamides is 1. The molecule has 1 unspecified atom stereocenters. The Kier molecular flexibility index (Phi) is 5.54. The zero-order chi connectivity index (χ0) is 18.9. The van der Waals surface area contributed by atoms with Crippen LogP contribution in [0.1, 0.15) is 65.6 Å². The SMILES string of the molecule is CCC(NS(=O)(=O)c1c(C)cc(C)cc1C)c1ccc2c(c1)CCCC2. The van der Waals surface area contributed by atoms with E-state index in [4.69, 9.17) is 0 Å². The third-order valence-corrected chi connectivity index (χ3v) is 7.13. The second-order valence-electron chi connectivity index (χ2n) is 7.55. The Morgan fingerprint density at radius 1 is 0.962 bits per heavy atom. The first kappa shape index (κ1) is 19.1. The van der Waals surface area contributed by atoms with Gasteiger partial charge < -0.3 is 0 Å². The predicted molar refractivity (Wildman–Crippen MR) is 107 cm³/mol. The van der Waals surface area contributed by atoms with E-state index in [1.807, 2.05) is 39.8 Å². The van der Waals surface area contributed by atoms with Crippen LogP contribution < -0.4 is 4.72 Å². The average Bonchev–Trinajstić information content (AvgIpc) is 2.58. The monoisotopic (exact) mass is 371 g/mol. The van der Waals surface area contributed by atoms with Gasteiger partial charge in [0.1, 0.15) is 0 Å². The fourth-order valence-electron chi connectivity index (χ4n) is 4.19. The number of fused-ring (bicyclic) bond motifs is 1. The van der Waals surface area contributed by atoms with Crippen molar-refractivity contribution in [3.05, 3.63) is 63.7 Å². The van der Waals surface area contributed by atoms with E-state index < -0.39 is 10.0 Å². The van der Waals surface area contributed by atoms with E-state index in [-0.39, 0.29) is 6.04 Å². The summed E-state index contributed by atoms with van der Waals surface area (Å²) >= 11 is 0. The van der Waals surface area contributed by atoms with Crippen molar-refractivity contribution in [1.29, 1.82) is 0 Å². The van der Waals surface area contributed by atoms with Crippen molar-refractivity contribution >= 4 is 10.0 Å². The molecular formula is C22H29NO2S. The van der Waals surface area contributed by atoms with Crippen molar-refractivity contribution in [3.63, 3.8) is 0 Å². The zero-order valence-corrected chi connectivity index (χ0v) is 17.0. The van der Waals surface area contributed by atoms with E-state index in [1.165, 1.54) is 24.0 Å². The molecule has 1 N–H and O–H groups in total. The Bertz CT molecular complexity index is 893. The molecule has 1 aliphatic carbocycles. The minimum Gasteiger partial charge on any atom is -0.207 e. The van der Waals surface area contributed by atoms with Crippen molar-refractivity contribution in [3.8, 4) is 0 Å². The highest BCUT2D eigenvalue weighted by Crippen LogP contribution is 2.28. The fraction of sp³-hybridized carbons (Fsp3) is 0.455. The summed E-state index contributed by atoms with van der Waals surface area (Å²) in [6.45, 7) is 7.76. The van der Waals surface area contributed by atoms with Crippen molar-refractivity contribution in [2.45, 2.75) is 70.7 Å². The molecule has 2 aromatic rings. The number of benzene rings is 2. The van der Waals surface area contributed by atoms with Gasteiger partial charge in [-0.25, -0.2) is 13.1 Å². The van der Waals surface area contributed by atoms with Gasteiger partial charge in [0, 0.05) is 6.04 Å². The Morgan fingerprint density at radius 2 is 1.58 bits per heavy atom. The smallest absolute Gasteiger partial charge is 0.207 e. The molecule has 0 saturated heterocycles. The summed E-state index contributed by atoms with van der Waals surface area (Å²) in [5.41, 5.74) is 6.56. The predicted octanol–water partition coefficient (Wildman–Crippen LogP) is 4.92. The molecule has 0 fully saturated rings. The Morgan fingerprint density at radius 3 is 2.19 bits per heavy atom. The van der Waals surface area contributed by atoms with Gasteiger partial charge in [-0.3, -0.25) is 0 Å². The second-order valence-corrected chi connectivity index (χ2v) is 9.20. The molecule has 0 radical (unpaired) electrons. The van der Waals surface area contributed by atoms with Crippen LogP contribution in [-0.4, -0.2) is 8.42 Å². The molecule has 0 saturated carbocycles. The van der Waals surface area contributed by atoms with Crippen LogP contribution in [0.4, 0.5) is 0 Å². The molecule has 0 aliphatic heterocycles. The maximum absolute atomic E-state index is 13.1. The molecule has 26 heavy (non-hydrogen) atoms. The zero-order valence-electron chi connectivity index (χ0n) is 16.2. The van der Waals surface area contributed by atoms with Gasteiger partial charge >= 0.3 is 0 Å². The van der Waals surface area contributed by atoms with E-state index >= 15 is 0 Å². The highest BCUT2D eigenvalue weighted by atomic mass is 32.2. The van der Waals surface area contributed by atoms with Crippen LogP contribution in [0, 0.1) is 20.8 Å². The first-order chi connectivity index (χ1) is 12.3. The second kappa shape index (κ2) is 7.53. The summed E-state index contributed by atoms with van der Waals surface area (Å²) in [7, 11) is -3.57. The van der Waals surface area contributed by atoms with Crippen LogP contribution in [0.2, 0.25) is 0 Å². The highest BCUT2D eigenvalue weighted by molar-refractivity contribution is 7.89. The minimum absolute atomic E-state index is 0.202. The number of hydrogen-bond acceptors (Lipinski definition) is 2. The van der Waals surface area contributed by atoms with E-state index in [0.29, 0.717) is 4.90 Å². The molecule has 0 aromatic heterocycles. The topological polar surface area (TPSA) is 46.2 Å². The number of nitrogens with one attached hydrogen (secondary N) is 1. The molecule has 3 nitrogen and oxygen atoms in total. The summed E-state index contributed by atoms with van der Waals surface area (Å²) in [6.07, 6.45) is 5.44. The van der Waals surface area contributed by atoms with Gasteiger partial charge in [0.15, 0.2) is 0 Å². The van der Waals surface area contributed by atoms with Crippen molar-refractivity contribution in [2.24, 2.45) is 0 Å². The lowest BCUT2D eigenvalue weighted by atomic mass is 9.89. The lowest BCUT2D eigenvalue weighted by Crippen LogP contribution is -2.29. The maximum atomic E-state index is 13.1. The first-order valence-corrected chi connectivity index (χ1v) is 11.0. The summed E-state index contributed by atoms with van der Waals surface area (Å²) in [5.74, 6) is 0. The van der Waals surface area contributed by atoms with Crippen LogP contribution in [0.5, 0.6) is 0 Å². The fourth-order valence-corrected chi connectivity index (χ4v) is 5.95. The molecule has 0 bridgehead atoms. The van der Waals surface area contributed by atoms with Gasteiger partial charge in [-0.05, 0) is 80.7 Å². The summed E-state index contributed by atoms with van der Waals surface area (Å²) in [5, 5.41) is 0. The Hall–Kier alpha value is -1.65. The van der Waals surface area contributed by atoms with Crippen LogP contribution in [-0.2, 0) is 22.9 Å². The van der Waals surface area contributed by atoms with Crippen LogP contribution in [0.3, 0.4) is 0 Å². The molecule has 0 spiro atoms. The Balaban J connectivity index is 1.93. The maximum Gasteiger partial charge on any atom is 0.241 e. The van der Waals surface area contributed by atoms with E-state index in [1.54, 1.807) is 0 Å². The molecule has 1 atom stereocenters. The number of aryl methyl sites for hydroxylation is 5. The molecule has 140 valence electrons. The highest BCUT2D eigenvalue weighted by Gasteiger charge is 2.24. The quantitative estimate of drug-likeness (QED) is 0.811. The molecular weight excluding hydrogens is 342 g/mol. The van der Waals surface area contributed by atoms with Crippen molar-refractivity contribution < 1.29 is 8.42 Å². The van der Waals surface area contributed by atoms with Gasteiger partial charge in [0.25, 0.3) is 0 Å². The summed E-state index contributed by atoms with van der Waals surface area (Å²) < 4.78 is 29.2. The lowest BCUT2D eigenvalue weighted by Gasteiger charge is -2.22. The average molecular weight is 372 g/mol. The third-order valence-electron chi connectivity index (χ3n) is 5.35. The molecule has 3 rings (SSSR count). The van der Waals surface area contributed by atoms with Gasteiger partial charge in [0.05, 0.1) is 4.90 Å². The van der Waals surface area contributed by atoms with Gasteiger partial charge in [-0.15, -0.1) is 0 Å². The normalized spacial score (nSPS) is 15.5. The van der Waals surface area contributed by atoms with Crippen LogP contribution in [0.15, 0.2) is 35.2 Å². The van der Waals surface area contributed by atoms with Crippen LogP contribution in [0.25, 0.3) is 0 Å². The minimum atomic E-state index is -3.57. The van der Waals surface area contributed by atoms with Gasteiger partial charge in [-0.1, -0.05) is 42.8 Å². The summed E-state index contributed by atoms with van der Waals surface area (Å²) in [6, 6.07) is 10.1. The first-order valence-electron chi connectivity index (χ1n) is 9.53. The van der Waals surface area contributed by atoms with Crippen molar-refractivity contribution in [1.82, 2.24) is 4.72 Å². The number of hydrogen-bond donors (Lipinski definition) is 1. The lowest BCUT2D eigenvalue weighted by molar-refractivity contribution is 0.548.